The molecule has 4 rings (SSSR count). The first kappa shape index (κ1) is 20.5. The number of carbonyl (C=O) groups excluding carboxylic acids is 1. The van der Waals surface area contributed by atoms with Gasteiger partial charge in [0.1, 0.15) is 11.4 Å². The Balaban J connectivity index is 1.46. The van der Waals surface area contributed by atoms with Gasteiger partial charge >= 0.3 is 0 Å². The summed E-state index contributed by atoms with van der Waals surface area (Å²) in [4.78, 5) is 17.2. The van der Waals surface area contributed by atoms with Crippen LogP contribution in [0, 0.1) is 0 Å². The Labute approximate surface area is 180 Å². The van der Waals surface area contributed by atoms with Crippen molar-refractivity contribution in [1.29, 1.82) is 0 Å². The van der Waals surface area contributed by atoms with E-state index in [0.717, 1.165) is 12.0 Å². The largest absolute Gasteiger partial charge is 0.495 e. The lowest BCUT2D eigenvalue weighted by molar-refractivity contribution is -0.0740. The number of ether oxygens (including phenoxy) is 1. The van der Waals surface area contributed by atoms with Crippen LogP contribution in [0.4, 0.5) is 0 Å². The van der Waals surface area contributed by atoms with E-state index >= 15 is 0 Å². The zero-order valence-electron chi connectivity index (χ0n) is 16.3. The molecule has 2 aliphatic heterocycles. The third kappa shape index (κ3) is 3.97. The molecule has 0 saturated carbocycles. The maximum atomic E-state index is 13.0. The van der Waals surface area contributed by atoms with E-state index in [1.807, 2.05) is 29.2 Å². The van der Waals surface area contributed by atoms with Crippen LogP contribution in [0.1, 0.15) is 28.8 Å². The number of amides is 1. The predicted molar refractivity (Wildman–Crippen MR) is 114 cm³/mol. The third-order valence-corrected chi connectivity index (χ3v) is 6.68. The number of carbonyl (C=O) groups is 1. The number of benzene rings is 2. The average Bonchev–Trinajstić information content (AvgIpc) is 2.73. The fourth-order valence-corrected chi connectivity index (χ4v) is 4.79. The topological polar surface area (TPSA) is 53.0 Å². The van der Waals surface area contributed by atoms with E-state index in [2.05, 4.69) is 4.90 Å². The summed E-state index contributed by atoms with van der Waals surface area (Å²) < 4.78 is 5.23. The second kappa shape index (κ2) is 8.15. The Hall–Kier alpha value is -1.79. The first-order valence-corrected chi connectivity index (χ1v) is 10.5. The van der Waals surface area contributed by atoms with E-state index in [9.17, 15) is 9.90 Å². The number of aliphatic hydroxyl groups is 1. The number of halogens is 2. The van der Waals surface area contributed by atoms with Crippen LogP contribution in [0.15, 0.2) is 42.5 Å². The smallest absolute Gasteiger partial charge is 0.255 e. The third-order valence-electron chi connectivity index (χ3n) is 6.04. The molecule has 2 heterocycles. The molecule has 2 fully saturated rings. The number of methoxy groups -OCH3 is 1. The fourth-order valence-electron chi connectivity index (χ4n) is 4.38. The SMILES string of the molecule is COc1cccc(C(=O)N2CCN3C[C@](O)(c4ccc(Cl)cc4)CC[C@H]3C2)c1Cl. The van der Waals surface area contributed by atoms with E-state index < -0.39 is 5.60 Å². The molecule has 0 unspecified atom stereocenters. The van der Waals surface area contributed by atoms with E-state index in [-0.39, 0.29) is 11.9 Å². The summed E-state index contributed by atoms with van der Waals surface area (Å²) in [6.45, 7) is 2.50. The molecule has 2 aromatic carbocycles. The summed E-state index contributed by atoms with van der Waals surface area (Å²) in [6, 6.07) is 12.9. The monoisotopic (exact) mass is 434 g/mol. The molecule has 2 aliphatic rings. The quantitative estimate of drug-likeness (QED) is 0.797. The first-order valence-electron chi connectivity index (χ1n) is 9.75. The van der Waals surface area contributed by atoms with Crippen LogP contribution in [0.3, 0.4) is 0 Å². The summed E-state index contributed by atoms with van der Waals surface area (Å²) >= 11 is 12.3. The Morgan fingerprint density at radius 1 is 1.17 bits per heavy atom. The number of rotatable bonds is 3. The molecule has 0 radical (unpaired) electrons. The highest BCUT2D eigenvalue weighted by molar-refractivity contribution is 6.35. The molecular weight excluding hydrogens is 411 g/mol. The summed E-state index contributed by atoms with van der Waals surface area (Å²) in [5, 5.41) is 12.2. The molecule has 1 amide bonds. The minimum Gasteiger partial charge on any atom is -0.495 e. The van der Waals surface area contributed by atoms with Crippen LogP contribution in [0.2, 0.25) is 10.0 Å². The maximum Gasteiger partial charge on any atom is 0.255 e. The van der Waals surface area contributed by atoms with E-state index in [4.69, 9.17) is 27.9 Å². The molecule has 2 aromatic rings. The van der Waals surface area contributed by atoms with Crippen molar-refractivity contribution in [2.75, 3.05) is 33.3 Å². The number of piperidine rings is 1. The Bertz CT molecular complexity index is 905. The average molecular weight is 435 g/mol. The molecule has 0 aliphatic carbocycles. The number of nitrogens with zero attached hydrogens (tertiary/aromatic N) is 2. The van der Waals surface area contributed by atoms with Gasteiger partial charge in [0.2, 0.25) is 0 Å². The summed E-state index contributed by atoms with van der Waals surface area (Å²) in [6.07, 6.45) is 1.46. The van der Waals surface area contributed by atoms with Crippen molar-refractivity contribution in [3.8, 4) is 5.75 Å². The van der Waals surface area contributed by atoms with Crippen LogP contribution in [-0.2, 0) is 5.60 Å². The molecule has 1 N–H and O–H groups in total. The molecule has 2 saturated heterocycles. The van der Waals surface area contributed by atoms with Crippen molar-refractivity contribution in [3.05, 3.63) is 63.6 Å². The number of hydrogen-bond acceptors (Lipinski definition) is 4. The Morgan fingerprint density at radius 2 is 1.93 bits per heavy atom. The van der Waals surface area contributed by atoms with Crippen LogP contribution >= 0.6 is 23.2 Å². The lowest BCUT2D eigenvalue weighted by atomic mass is 9.82. The summed E-state index contributed by atoms with van der Waals surface area (Å²) in [5.41, 5.74) is 0.471. The molecule has 0 aromatic heterocycles. The van der Waals surface area contributed by atoms with Gasteiger partial charge in [-0.1, -0.05) is 41.4 Å². The van der Waals surface area contributed by atoms with Crippen LogP contribution in [0.5, 0.6) is 5.75 Å². The predicted octanol–water partition coefficient (Wildman–Crippen LogP) is 3.81. The van der Waals surface area contributed by atoms with E-state index in [0.29, 0.717) is 54.0 Å². The summed E-state index contributed by atoms with van der Waals surface area (Å²) in [7, 11) is 1.54. The minimum atomic E-state index is -0.886. The molecule has 154 valence electrons. The molecule has 2 atom stereocenters. The van der Waals surface area contributed by atoms with Gasteiger partial charge in [-0.15, -0.1) is 0 Å². The highest BCUT2D eigenvalue weighted by Crippen LogP contribution is 2.36. The number of fused-ring (bicyclic) bond motifs is 1. The fraction of sp³-hybridized carbons (Fsp3) is 0.409. The van der Waals surface area contributed by atoms with Gasteiger partial charge in [0.05, 0.1) is 17.7 Å². The molecular formula is C22H24Cl2N2O3. The van der Waals surface area contributed by atoms with E-state index in [1.54, 1.807) is 18.2 Å². The van der Waals surface area contributed by atoms with Crippen molar-refractivity contribution >= 4 is 29.1 Å². The lowest BCUT2D eigenvalue weighted by Crippen LogP contribution is -2.60. The molecule has 29 heavy (non-hydrogen) atoms. The van der Waals surface area contributed by atoms with Gasteiger partial charge in [-0.05, 0) is 42.7 Å². The lowest BCUT2D eigenvalue weighted by Gasteiger charge is -2.49. The first-order chi connectivity index (χ1) is 13.9. The van der Waals surface area contributed by atoms with Gasteiger partial charge in [0.15, 0.2) is 0 Å². The number of piperazine rings is 1. The highest BCUT2D eigenvalue weighted by atomic mass is 35.5. The maximum absolute atomic E-state index is 13.0. The van der Waals surface area contributed by atoms with Gasteiger partial charge < -0.3 is 14.7 Å². The highest BCUT2D eigenvalue weighted by Gasteiger charge is 2.42. The molecule has 5 nitrogen and oxygen atoms in total. The van der Waals surface area contributed by atoms with Crippen LogP contribution < -0.4 is 4.74 Å². The van der Waals surface area contributed by atoms with E-state index in [1.165, 1.54) is 7.11 Å². The van der Waals surface area contributed by atoms with Gasteiger partial charge in [-0.2, -0.15) is 0 Å². The normalized spacial score (nSPS) is 24.8. The molecule has 0 bridgehead atoms. The summed E-state index contributed by atoms with van der Waals surface area (Å²) in [5.74, 6) is 0.425. The van der Waals surface area contributed by atoms with Crippen molar-refractivity contribution in [1.82, 2.24) is 9.80 Å². The molecule has 0 spiro atoms. The zero-order chi connectivity index (χ0) is 20.6. The second-order valence-electron chi connectivity index (χ2n) is 7.77. The second-order valence-corrected chi connectivity index (χ2v) is 8.59. The van der Waals surface area contributed by atoms with Crippen molar-refractivity contribution in [3.63, 3.8) is 0 Å². The van der Waals surface area contributed by atoms with Crippen LogP contribution in [-0.4, -0.2) is 60.1 Å². The Morgan fingerprint density at radius 3 is 2.66 bits per heavy atom. The molecule has 7 heteroatoms. The number of hydrogen-bond donors (Lipinski definition) is 1. The Kier molecular flexibility index (Phi) is 5.76. The standard InChI is InChI=1S/C22H24Cl2N2O3/c1-29-19-4-2-3-18(20(19)24)21(27)25-11-12-26-14-22(28,10-9-17(26)13-25)15-5-7-16(23)8-6-15/h2-8,17,28H,9-14H2,1H3/t17-,22-/m0/s1. The van der Waals surface area contributed by atoms with Gasteiger partial charge in [-0.25, -0.2) is 0 Å². The van der Waals surface area contributed by atoms with Gasteiger partial charge in [-0.3, -0.25) is 9.69 Å². The zero-order valence-corrected chi connectivity index (χ0v) is 17.8. The van der Waals surface area contributed by atoms with Gasteiger partial charge in [0, 0.05) is 37.2 Å². The van der Waals surface area contributed by atoms with Crippen molar-refractivity contribution < 1.29 is 14.6 Å². The van der Waals surface area contributed by atoms with Gasteiger partial charge in [0.25, 0.3) is 5.91 Å². The van der Waals surface area contributed by atoms with Crippen molar-refractivity contribution in [2.24, 2.45) is 0 Å². The van der Waals surface area contributed by atoms with Crippen molar-refractivity contribution in [2.45, 2.75) is 24.5 Å². The van der Waals surface area contributed by atoms with Crippen LogP contribution in [0.25, 0.3) is 0 Å². The minimum absolute atomic E-state index is 0.0768.